The summed E-state index contributed by atoms with van der Waals surface area (Å²) in [5, 5.41) is 3.15. The summed E-state index contributed by atoms with van der Waals surface area (Å²) in [5.41, 5.74) is 1.19. The van der Waals surface area contributed by atoms with E-state index >= 15 is 0 Å². The number of likely N-dealkylation sites (N-methyl/N-ethyl adjacent to an activating group) is 2. The quantitative estimate of drug-likeness (QED) is 0.758. The van der Waals surface area contributed by atoms with E-state index in [1.807, 2.05) is 25.2 Å². The molecule has 0 bridgehead atoms. The number of nitrogens with zero attached hydrogens (tertiary/aromatic N) is 1. The third kappa shape index (κ3) is 4.55. The van der Waals surface area contributed by atoms with Gasteiger partial charge in [-0.05, 0) is 44.3 Å². The molecule has 1 aromatic carbocycles. The van der Waals surface area contributed by atoms with Gasteiger partial charge in [0.1, 0.15) is 11.5 Å². The van der Waals surface area contributed by atoms with Gasteiger partial charge in [-0.15, -0.1) is 0 Å². The Morgan fingerprint density at radius 2 is 1.94 bits per heavy atom. The molecular weight excluding hydrogens is 228 g/mol. The van der Waals surface area contributed by atoms with Gasteiger partial charge in [0.25, 0.3) is 0 Å². The lowest BCUT2D eigenvalue weighted by Gasteiger charge is -2.17. The molecule has 0 aliphatic rings. The van der Waals surface area contributed by atoms with Crippen molar-refractivity contribution in [3.8, 4) is 11.5 Å². The fraction of sp³-hybridized carbons (Fsp3) is 0.571. The van der Waals surface area contributed by atoms with Crippen molar-refractivity contribution in [2.45, 2.75) is 6.42 Å². The molecule has 0 unspecified atom stereocenters. The van der Waals surface area contributed by atoms with Crippen molar-refractivity contribution in [2.75, 3.05) is 47.9 Å². The predicted molar refractivity (Wildman–Crippen MR) is 74.7 cm³/mol. The summed E-state index contributed by atoms with van der Waals surface area (Å²) in [5.74, 6) is 1.81. The minimum atomic E-state index is 0.878. The summed E-state index contributed by atoms with van der Waals surface area (Å²) in [6, 6.07) is 5.93. The van der Waals surface area contributed by atoms with Gasteiger partial charge < -0.3 is 19.7 Å². The summed E-state index contributed by atoms with van der Waals surface area (Å²) in [4.78, 5) is 2.30. The van der Waals surface area contributed by atoms with E-state index in [9.17, 15) is 0 Å². The maximum Gasteiger partial charge on any atom is 0.122 e. The molecule has 0 saturated carbocycles. The van der Waals surface area contributed by atoms with Gasteiger partial charge in [-0.1, -0.05) is 0 Å². The fourth-order valence-electron chi connectivity index (χ4n) is 1.80. The molecule has 1 N–H and O–H groups in total. The van der Waals surface area contributed by atoms with Crippen molar-refractivity contribution in [1.82, 2.24) is 10.2 Å². The molecule has 0 fully saturated rings. The Kier molecular flexibility index (Phi) is 6.54. The summed E-state index contributed by atoms with van der Waals surface area (Å²) in [6.45, 7) is 3.06. The SMILES string of the molecule is CNCCN(C)CCc1cc(OC)ccc1OC. The predicted octanol–water partition coefficient (Wildman–Crippen LogP) is 1.40. The Morgan fingerprint density at radius 3 is 2.56 bits per heavy atom. The van der Waals surface area contributed by atoms with Crippen LogP contribution in [0.25, 0.3) is 0 Å². The second kappa shape index (κ2) is 7.95. The van der Waals surface area contributed by atoms with E-state index in [1.165, 1.54) is 5.56 Å². The molecule has 18 heavy (non-hydrogen) atoms. The van der Waals surface area contributed by atoms with Crippen LogP contribution in [0.1, 0.15) is 5.56 Å². The number of hydrogen-bond donors (Lipinski definition) is 1. The topological polar surface area (TPSA) is 33.7 Å². The Labute approximate surface area is 110 Å². The van der Waals surface area contributed by atoms with E-state index in [0.29, 0.717) is 0 Å². The first-order valence-corrected chi connectivity index (χ1v) is 6.25. The van der Waals surface area contributed by atoms with Crippen LogP contribution in [0.4, 0.5) is 0 Å². The molecule has 0 atom stereocenters. The van der Waals surface area contributed by atoms with Gasteiger partial charge in [0.2, 0.25) is 0 Å². The van der Waals surface area contributed by atoms with Crippen molar-refractivity contribution in [1.29, 1.82) is 0 Å². The Morgan fingerprint density at radius 1 is 1.17 bits per heavy atom. The zero-order valence-corrected chi connectivity index (χ0v) is 11.8. The molecule has 102 valence electrons. The Balaban J connectivity index is 2.59. The highest BCUT2D eigenvalue weighted by Crippen LogP contribution is 2.24. The summed E-state index contributed by atoms with van der Waals surface area (Å²) in [7, 11) is 7.49. The number of rotatable bonds is 8. The number of nitrogens with one attached hydrogen (secondary N) is 1. The number of ether oxygens (including phenoxy) is 2. The zero-order chi connectivity index (χ0) is 13.4. The monoisotopic (exact) mass is 252 g/mol. The molecule has 0 heterocycles. The lowest BCUT2D eigenvalue weighted by molar-refractivity contribution is 0.335. The summed E-state index contributed by atoms with van der Waals surface area (Å²) >= 11 is 0. The molecule has 1 aromatic rings. The maximum absolute atomic E-state index is 5.37. The first-order chi connectivity index (χ1) is 8.71. The third-order valence-electron chi connectivity index (χ3n) is 2.99. The fourth-order valence-corrected chi connectivity index (χ4v) is 1.80. The molecule has 0 aliphatic carbocycles. The van der Waals surface area contributed by atoms with Crippen LogP contribution in [0, 0.1) is 0 Å². The Bertz CT molecular complexity index is 356. The molecule has 0 spiro atoms. The average molecular weight is 252 g/mol. The zero-order valence-electron chi connectivity index (χ0n) is 11.8. The molecule has 0 amide bonds. The van der Waals surface area contributed by atoms with Crippen molar-refractivity contribution in [2.24, 2.45) is 0 Å². The minimum absolute atomic E-state index is 0.878. The van der Waals surface area contributed by atoms with Gasteiger partial charge in [0.05, 0.1) is 14.2 Å². The van der Waals surface area contributed by atoms with Crippen molar-refractivity contribution in [3.63, 3.8) is 0 Å². The molecule has 4 nitrogen and oxygen atoms in total. The largest absolute Gasteiger partial charge is 0.497 e. The number of hydrogen-bond acceptors (Lipinski definition) is 4. The standard InChI is InChI=1S/C14H24N2O2/c1-15-8-10-16(2)9-7-12-11-13(17-3)5-6-14(12)18-4/h5-6,11,15H,7-10H2,1-4H3. The first-order valence-electron chi connectivity index (χ1n) is 6.25. The van der Waals surface area contributed by atoms with E-state index < -0.39 is 0 Å². The van der Waals surface area contributed by atoms with Crippen LogP contribution < -0.4 is 14.8 Å². The van der Waals surface area contributed by atoms with Crippen LogP contribution in [-0.2, 0) is 6.42 Å². The molecular formula is C14H24N2O2. The highest BCUT2D eigenvalue weighted by molar-refractivity contribution is 5.40. The van der Waals surface area contributed by atoms with Crippen LogP contribution in [-0.4, -0.2) is 52.8 Å². The van der Waals surface area contributed by atoms with Gasteiger partial charge >= 0.3 is 0 Å². The number of methoxy groups -OCH3 is 2. The van der Waals surface area contributed by atoms with Crippen molar-refractivity contribution < 1.29 is 9.47 Å². The van der Waals surface area contributed by atoms with Crippen LogP contribution >= 0.6 is 0 Å². The first kappa shape index (κ1) is 14.8. The molecule has 0 radical (unpaired) electrons. The molecule has 0 saturated heterocycles. The van der Waals surface area contributed by atoms with E-state index in [-0.39, 0.29) is 0 Å². The number of benzene rings is 1. The van der Waals surface area contributed by atoms with E-state index in [2.05, 4.69) is 17.3 Å². The lowest BCUT2D eigenvalue weighted by Crippen LogP contribution is -2.29. The maximum atomic E-state index is 5.37. The lowest BCUT2D eigenvalue weighted by atomic mass is 10.1. The third-order valence-corrected chi connectivity index (χ3v) is 2.99. The smallest absolute Gasteiger partial charge is 0.122 e. The van der Waals surface area contributed by atoms with Gasteiger partial charge in [-0.25, -0.2) is 0 Å². The van der Waals surface area contributed by atoms with Gasteiger partial charge in [-0.3, -0.25) is 0 Å². The molecule has 0 aliphatic heterocycles. The van der Waals surface area contributed by atoms with Crippen LogP contribution in [0.15, 0.2) is 18.2 Å². The molecule has 4 heteroatoms. The van der Waals surface area contributed by atoms with Gasteiger partial charge in [-0.2, -0.15) is 0 Å². The highest BCUT2D eigenvalue weighted by atomic mass is 16.5. The minimum Gasteiger partial charge on any atom is -0.497 e. The van der Waals surface area contributed by atoms with Crippen LogP contribution in [0.5, 0.6) is 11.5 Å². The van der Waals surface area contributed by atoms with Gasteiger partial charge in [0, 0.05) is 19.6 Å². The molecule has 1 rings (SSSR count). The Hall–Kier alpha value is -1.26. The van der Waals surface area contributed by atoms with E-state index in [1.54, 1.807) is 14.2 Å². The van der Waals surface area contributed by atoms with Crippen LogP contribution in [0.2, 0.25) is 0 Å². The normalized spacial score (nSPS) is 10.7. The second-order valence-corrected chi connectivity index (χ2v) is 4.33. The molecule has 0 aromatic heterocycles. The second-order valence-electron chi connectivity index (χ2n) is 4.33. The van der Waals surface area contributed by atoms with E-state index in [4.69, 9.17) is 9.47 Å². The average Bonchev–Trinajstić information content (AvgIpc) is 2.42. The summed E-state index contributed by atoms with van der Waals surface area (Å²) < 4.78 is 10.6. The van der Waals surface area contributed by atoms with E-state index in [0.717, 1.165) is 37.6 Å². The van der Waals surface area contributed by atoms with Crippen molar-refractivity contribution in [3.05, 3.63) is 23.8 Å². The van der Waals surface area contributed by atoms with Gasteiger partial charge in [0.15, 0.2) is 0 Å². The summed E-state index contributed by atoms with van der Waals surface area (Å²) in [6.07, 6.45) is 0.959. The highest BCUT2D eigenvalue weighted by Gasteiger charge is 2.06. The van der Waals surface area contributed by atoms with Crippen molar-refractivity contribution >= 4 is 0 Å². The van der Waals surface area contributed by atoms with Crippen LogP contribution in [0.3, 0.4) is 0 Å².